The predicted molar refractivity (Wildman–Crippen MR) is 96.3 cm³/mol. The van der Waals surface area contributed by atoms with Crippen molar-refractivity contribution in [2.24, 2.45) is 0 Å². The van der Waals surface area contributed by atoms with E-state index in [2.05, 4.69) is 22.1 Å². The van der Waals surface area contributed by atoms with Gasteiger partial charge in [0, 0.05) is 49.8 Å². The quantitative estimate of drug-likeness (QED) is 0.819. The van der Waals surface area contributed by atoms with Crippen LogP contribution in [0.3, 0.4) is 0 Å². The number of hydrogen-bond donors (Lipinski definition) is 0. The second-order valence-electron chi connectivity index (χ2n) is 6.25. The van der Waals surface area contributed by atoms with Crippen molar-refractivity contribution >= 4 is 11.6 Å². The molecule has 0 bridgehead atoms. The second kappa shape index (κ2) is 7.99. The van der Waals surface area contributed by atoms with Gasteiger partial charge in [0.1, 0.15) is 0 Å². The van der Waals surface area contributed by atoms with Crippen molar-refractivity contribution in [3.8, 4) is 0 Å². The highest BCUT2D eigenvalue weighted by atomic mass is 16.2. The number of amides is 1. The van der Waals surface area contributed by atoms with Crippen LogP contribution in [0.25, 0.3) is 0 Å². The molecule has 0 saturated carbocycles. The van der Waals surface area contributed by atoms with Gasteiger partial charge in [-0.05, 0) is 56.5 Å². The molecule has 2 aromatic rings. The molecule has 0 aliphatic carbocycles. The van der Waals surface area contributed by atoms with Gasteiger partial charge < -0.3 is 9.80 Å². The smallest absolute Gasteiger partial charge is 0.253 e. The van der Waals surface area contributed by atoms with Crippen LogP contribution in [0.15, 0.2) is 42.7 Å². The monoisotopic (exact) mass is 326 g/mol. The minimum absolute atomic E-state index is 0.0925. The maximum Gasteiger partial charge on any atom is 0.253 e. The van der Waals surface area contributed by atoms with E-state index in [9.17, 15) is 4.79 Å². The van der Waals surface area contributed by atoms with Gasteiger partial charge in [-0.15, -0.1) is 0 Å². The average Bonchev–Trinajstić information content (AvgIpc) is 3.16. The molecule has 24 heavy (non-hydrogen) atoms. The summed E-state index contributed by atoms with van der Waals surface area (Å²) in [4.78, 5) is 17.0. The lowest BCUT2D eigenvalue weighted by Gasteiger charge is -2.29. The van der Waals surface area contributed by atoms with Crippen molar-refractivity contribution in [2.45, 2.75) is 32.7 Å². The van der Waals surface area contributed by atoms with E-state index in [0.29, 0.717) is 13.1 Å². The average molecular weight is 326 g/mol. The molecule has 0 spiro atoms. The highest BCUT2D eigenvalue weighted by Gasteiger charge is 2.15. The Labute approximate surface area is 143 Å². The van der Waals surface area contributed by atoms with Crippen molar-refractivity contribution in [3.05, 3.63) is 48.3 Å². The molecule has 3 rings (SSSR count). The van der Waals surface area contributed by atoms with Crippen molar-refractivity contribution in [1.82, 2.24) is 14.7 Å². The molecule has 0 N–H and O–H groups in total. The van der Waals surface area contributed by atoms with E-state index in [4.69, 9.17) is 0 Å². The first-order chi connectivity index (χ1) is 11.8. The highest BCUT2D eigenvalue weighted by molar-refractivity contribution is 5.94. The Hall–Kier alpha value is -2.30. The Kier molecular flexibility index (Phi) is 5.51. The number of nitrogens with zero attached hydrogens (tertiary/aromatic N) is 4. The Bertz CT molecular complexity index is 630. The lowest BCUT2D eigenvalue weighted by atomic mass is 10.1. The van der Waals surface area contributed by atoms with Gasteiger partial charge in [0.2, 0.25) is 0 Å². The van der Waals surface area contributed by atoms with E-state index in [1.165, 1.54) is 24.9 Å². The number of aromatic nitrogens is 2. The first kappa shape index (κ1) is 16.6. The minimum Gasteiger partial charge on any atom is -0.372 e. The summed E-state index contributed by atoms with van der Waals surface area (Å²) in [7, 11) is 0. The van der Waals surface area contributed by atoms with Crippen LogP contribution in [0.5, 0.6) is 0 Å². The van der Waals surface area contributed by atoms with Crippen molar-refractivity contribution < 1.29 is 4.79 Å². The first-order valence-corrected chi connectivity index (χ1v) is 8.89. The summed E-state index contributed by atoms with van der Waals surface area (Å²) in [5, 5.41) is 4.19. The molecule has 1 aromatic carbocycles. The molecule has 1 saturated heterocycles. The topological polar surface area (TPSA) is 41.4 Å². The fourth-order valence-corrected chi connectivity index (χ4v) is 3.21. The third-order valence-electron chi connectivity index (χ3n) is 4.66. The molecule has 0 atom stereocenters. The standard InChI is InChI=1S/C19H26N4O/c1-2-21(15-16-23-14-6-11-20-23)19(24)17-7-9-18(10-8-17)22-12-4-3-5-13-22/h6-11,14H,2-5,12-13,15-16H2,1H3. The molecule has 5 nitrogen and oxygen atoms in total. The summed E-state index contributed by atoms with van der Waals surface area (Å²) in [5.74, 6) is 0.0925. The van der Waals surface area contributed by atoms with E-state index in [0.717, 1.165) is 25.2 Å². The van der Waals surface area contributed by atoms with Gasteiger partial charge in [0.05, 0.1) is 6.54 Å². The molecule has 0 unspecified atom stereocenters. The Morgan fingerprint density at radius 2 is 1.92 bits per heavy atom. The molecular weight excluding hydrogens is 300 g/mol. The molecule has 1 aliphatic rings. The van der Waals surface area contributed by atoms with Crippen LogP contribution in [0.2, 0.25) is 0 Å². The first-order valence-electron chi connectivity index (χ1n) is 8.89. The summed E-state index contributed by atoms with van der Waals surface area (Å²) < 4.78 is 1.86. The summed E-state index contributed by atoms with van der Waals surface area (Å²) in [5.41, 5.74) is 1.99. The number of carbonyl (C=O) groups is 1. The van der Waals surface area contributed by atoms with Crippen LogP contribution in [-0.2, 0) is 6.54 Å². The van der Waals surface area contributed by atoms with Crippen molar-refractivity contribution in [3.63, 3.8) is 0 Å². The van der Waals surface area contributed by atoms with E-state index in [1.807, 2.05) is 40.9 Å². The van der Waals surface area contributed by atoms with Gasteiger partial charge in [-0.3, -0.25) is 9.48 Å². The normalized spacial score (nSPS) is 14.6. The van der Waals surface area contributed by atoms with Gasteiger partial charge in [-0.25, -0.2) is 0 Å². The summed E-state index contributed by atoms with van der Waals surface area (Å²) >= 11 is 0. The molecule has 1 aliphatic heterocycles. The van der Waals surface area contributed by atoms with Gasteiger partial charge in [0.15, 0.2) is 0 Å². The highest BCUT2D eigenvalue weighted by Crippen LogP contribution is 2.20. The maximum atomic E-state index is 12.7. The lowest BCUT2D eigenvalue weighted by molar-refractivity contribution is 0.0757. The third-order valence-corrected chi connectivity index (χ3v) is 4.66. The SMILES string of the molecule is CCN(CCn1cccn1)C(=O)c1ccc(N2CCCCC2)cc1. The van der Waals surface area contributed by atoms with E-state index < -0.39 is 0 Å². The van der Waals surface area contributed by atoms with Gasteiger partial charge in [-0.1, -0.05) is 0 Å². The number of hydrogen-bond acceptors (Lipinski definition) is 3. The molecule has 2 heterocycles. The Morgan fingerprint density at radius 1 is 1.17 bits per heavy atom. The minimum atomic E-state index is 0.0925. The third kappa shape index (κ3) is 3.96. The van der Waals surface area contributed by atoms with Crippen LogP contribution in [0.1, 0.15) is 36.5 Å². The molecular formula is C19H26N4O. The van der Waals surface area contributed by atoms with E-state index >= 15 is 0 Å². The number of carbonyl (C=O) groups excluding carboxylic acids is 1. The van der Waals surface area contributed by atoms with Gasteiger partial charge in [0.25, 0.3) is 5.91 Å². The molecule has 1 fully saturated rings. The zero-order valence-corrected chi connectivity index (χ0v) is 14.4. The fraction of sp³-hybridized carbons (Fsp3) is 0.474. The van der Waals surface area contributed by atoms with Gasteiger partial charge in [-0.2, -0.15) is 5.10 Å². The van der Waals surface area contributed by atoms with Crippen LogP contribution < -0.4 is 4.90 Å². The largest absolute Gasteiger partial charge is 0.372 e. The molecule has 128 valence electrons. The Morgan fingerprint density at radius 3 is 2.54 bits per heavy atom. The van der Waals surface area contributed by atoms with E-state index in [-0.39, 0.29) is 5.91 Å². The van der Waals surface area contributed by atoms with Crippen LogP contribution in [-0.4, -0.2) is 46.8 Å². The Balaban J connectivity index is 1.62. The van der Waals surface area contributed by atoms with Crippen LogP contribution >= 0.6 is 0 Å². The number of benzene rings is 1. The molecule has 5 heteroatoms. The zero-order valence-electron chi connectivity index (χ0n) is 14.4. The summed E-state index contributed by atoms with van der Waals surface area (Å²) in [6.07, 6.45) is 7.54. The summed E-state index contributed by atoms with van der Waals surface area (Å²) in [6, 6.07) is 9.99. The fourth-order valence-electron chi connectivity index (χ4n) is 3.21. The lowest BCUT2D eigenvalue weighted by Crippen LogP contribution is -2.34. The number of piperidine rings is 1. The van der Waals surface area contributed by atoms with E-state index in [1.54, 1.807) is 6.20 Å². The molecule has 1 aromatic heterocycles. The van der Waals surface area contributed by atoms with Crippen LogP contribution in [0, 0.1) is 0 Å². The van der Waals surface area contributed by atoms with Gasteiger partial charge >= 0.3 is 0 Å². The molecule has 1 amide bonds. The maximum absolute atomic E-state index is 12.7. The number of rotatable bonds is 6. The van der Waals surface area contributed by atoms with Crippen molar-refractivity contribution in [1.29, 1.82) is 0 Å². The van der Waals surface area contributed by atoms with Crippen molar-refractivity contribution in [2.75, 3.05) is 31.1 Å². The number of likely N-dealkylation sites (N-methyl/N-ethyl adjacent to an activating group) is 1. The summed E-state index contributed by atoms with van der Waals surface area (Å²) in [6.45, 7) is 6.36. The molecule has 0 radical (unpaired) electrons. The zero-order chi connectivity index (χ0) is 16.8. The van der Waals surface area contributed by atoms with Crippen LogP contribution in [0.4, 0.5) is 5.69 Å². The predicted octanol–water partition coefficient (Wildman–Crippen LogP) is 3.04. The second-order valence-corrected chi connectivity index (χ2v) is 6.25. The number of anilines is 1.